The molecule has 4 heteroatoms. The Labute approximate surface area is 101 Å². The van der Waals surface area contributed by atoms with Crippen LogP contribution in [0.5, 0.6) is 0 Å². The van der Waals surface area contributed by atoms with Crippen molar-refractivity contribution in [1.29, 1.82) is 0 Å². The molecule has 0 aliphatic carbocycles. The zero-order chi connectivity index (χ0) is 12.3. The monoisotopic (exact) mass is 230 g/mol. The van der Waals surface area contributed by atoms with Crippen LogP contribution in [0.15, 0.2) is 30.6 Å². The minimum Gasteiger partial charge on any atom is -0.397 e. The van der Waals surface area contributed by atoms with Crippen LogP contribution in [0.3, 0.4) is 0 Å². The first-order valence-corrected chi connectivity index (χ1v) is 5.72. The van der Waals surface area contributed by atoms with Crippen molar-refractivity contribution in [2.75, 3.05) is 17.6 Å². The van der Waals surface area contributed by atoms with Gasteiger partial charge in [-0.05, 0) is 36.6 Å². The van der Waals surface area contributed by atoms with Gasteiger partial charge in [-0.2, -0.15) is 5.10 Å². The van der Waals surface area contributed by atoms with Gasteiger partial charge in [-0.15, -0.1) is 0 Å². The van der Waals surface area contributed by atoms with Crippen LogP contribution in [0.1, 0.15) is 11.1 Å². The highest BCUT2D eigenvalue weighted by molar-refractivity contribution is 5.66. The number of hydrogen-bond donors (Lipinski definition) is 2. The van der Waals surface area contributed by atoms with E-state index in [0.717, 1.165) is 24.3 Å². The average Bonchev–Trinajstić information content (AvgIpc) is 2.68. The van der Waals surface area contributed by atoms with Gasteiger partial charge in [-0.3, -0.25) is 4.68 Å². The topological polar surface area (TPSA) is 55.9 Å². The first-order valence-electron chi connectivity index (χ1n) is 5.72. The van der Waals surface area contributed by atoms with Gasteiger partial charge in [0.2, 0.25) is 0 Å². The summed E-state index contributed by atoms with van der Waals surface area (Å²) < 4.78 is 1.82. The molecule has 0 atom stereocenters. The van der Waals surface area contributed by atoms with Crippen LogP contribution in [0.4, 0.5) is 11.4 Å². The summed E-state index contributed by atoms with van der Waals surface area (Å²) >= 11 is 0. The maximum absolute atomic E-state index is 5.93. The first kappa shape index (κ1) is 11.5. The van der Waals surface area contributed by atoms with E-state index in [9.17, 15) is 0 Å². The van der Waals surface area contributed by atoms with Gasteiger partial charge < -0.3 is 11.1 Å². The lowest BCUT2D eigenvalue weighted by molar-refractivity contribution is 0.767. The Morgan fingerprint density at radius 2 is 2.24 bits per heavy atom. The van der Waals surface area contributed by atoms with E-state index in [1.165, 1.54) is 11.1 Å². The molecule has 1 aromatic heterocycles. The molecule has 0 unspecified atom stereocenters. The molecular weight excluding hydrogens is 212 g/mol. The molecule has 0 saturated carbocycles. The second-order valence-electron chi connectivity index (χ2n) is 4.29. The number of anilines is 2. The molecule has 2 rings (SSSR count). The van der Waals surface area contributed by atoms with E-state index in [-0.39, 0.29) is 0 Å². The molecule has 1 heterocycles. The van der Waals surface area contributed by atoms with Crippen LogP contribution in [0, 0.1) is 6.92 Å². The van der Waals surface area contributed by atoms with E-state index < -0.39 is 0 Å². The van der Waals surface area contributed by atoms with E-state index in [2.05, 4.69) is 16.5 Å². The number of benzene rings is 1. The van der Waals surface area contributed by atoms with Gasteiger partial charge >= 0.3 is 0 Å². The summed E-state index contributed by atoms with van der Waals surface area (Å²) in [4.78, 5) is 0. The fraction of sp³-hybridized carbons (Fsp3) is 0.308. The lowest BCUT2D eigenvalue weighted by Crippen LogP contribution is -2.06. The second kappa shape index (κ2) is 4.91. The van der Waals surface area contributed by atoms with Gasteiger partial charge in [-0.1, -0.05) is 6.07 Å². The van der Waals surface area contributed by atoms with Gasteiger partial charge in [0.25, 0.3) is 0 Å². The van der Waals surface area contributed by atoms with Gasteiger partial charge in [0, 0.05) is 19.8 Å². The van der Waals surface area contributed by atoms with Crippen molar-refractivity contribution in [3.05, 3.63) is 41.7 Å². The number of aryl methyl sites for hydroxylation is 2. The summed E-state index contributed by atoms with van der Waals surface area (Å²) in [7, 11) is 1.93. The average molecular weight is 230 g/mol. The van der Waals surface area contributed by atoms with Gasteiger partial charge in [0.05, 0.1) is 17.6 Å². The third-order valence-electron chi connectivity index (χ3n) is 2.69. The fourth-order valence-corrected chi connectivity index (χ4v) is 1.79. The normalized spacial score (nSPS) is 10.5. The standard InChI is InChI=1S/C13H18N4/c1-10-3-4-13(12(14)7-10)15-6-5-11-8-16-17(2)9-11/h3-4,7-9,15H,5-6,14H2,1-2H3. The summed E-state index contributed by atoms with van der Waals surface area (Å²) in [5.74, 6) is 0. The Morgan fingerprint density at radius 1 is 1.41 bits per heavy atom. The Hall–Kier alpha value is -1.97. The van der Waals surface area contributed by atoms with Crippen molar-refractivity contribution < 1.29 is 0 Å². The molecule has 0 aliphatic rings. The van der Waals surface area contributed by atoms with E-state index in [1.54, 1.807) is 0 Å². The number of nitrogens with zero attached hydrogens (tertiary/aromatic N) is 2. The van der Waals surface area contributed by atoms with Crippen LogP contribution in [-0.2, 0) is 13.5 Å². The van der Waals surface area contributed by atoms with Gasteiger partial charge in [-0.25, -0.2) is 0 Å². The third-order valence-corrected chi connectivity index (χ3v) is 2.69. The number of rotatable bonds is 4. The Kier molecular flexibility index (Phi) is 3.32. The van der Waals surface area contributed by atoms with Crippen molar-refractivity contribution in [3.63, 3.8) is 0 Å². The van der Waals surface area contributed by atoms with Crippen molar-refractivity contribution >= 4 is 11.4 Å². The lowest BCUT2D eigenvalue weighted by Gasteiger charge is -2.09. The molecule has 4 nitrogen and oxygen atoms in total. The molecule has 17 heavy (non-hydrogen) atoms. The largest absolute Gasteiger partial charge is 0.397 e. The summed E-state index contributed by atoms with van der Waals surface area (Å²) in [6.07, 6.45) is 4.86. The molecule has 3 N–H and O–H groups in total. The number of aromatic nitrogens is 2. The Balaban J connectivity index is 1.90. The minimum absolute atomic E-state index is 0.802. The predicted octanol–water partition coefficient (Wildman–Crippen LogP) is 1.97. The molecular formula is C13H18N4. The van der Waals surface area contributed by atoms with Crippen molar-refractivity contribution in [2.24, 2.45) is 7.05 Å². The molecule has 2 aromatic rings. The van der Waals surface area contributed by atoms with Gasteiger partial charge in [0.1, 0.15) is 0 Å². The maximum atomic E-state index is 5.93. The SMILES string of the molecule is Cc1ccc(NCCc2cnn(C)c2)c(N)c1. The molecule has 0 fully saturated rings. The minimum atomic E-state index is 0.802. The highest BCUT2D eigenvalue weighted by Gasteiger charge is 1.99. The smallest absolute Gasteiger partial charge is 0.0574 e. The molecule has 0 saturated heterocycles. The zero-order valence-corrected chi connectivity index (χ0v) is 10.3. The number of nitrogens with one attached hydrogen (secondary N) is 1. The fourth-order valence-electron chi connectivity index (χ4n) is 1.79. The van der Waals surface area contributed by atoms with Crippen molar-refractivity contribution in [1.82, 2.24) is 9.78 Å². The summed E-state index contributed by atoms with van der Waals surface area (Å²) in [5, 5.41) is 7.47. The molecule has 0 radical (unpaired) electrons. The van der Waals surface area contributed by atoms with Crippen molar-refractivity contribution in [2.45, 2.75) is 13.3 Å². The predicted molar refractivity (Wildman–Crippen MR) is 71.0 cm³/mol. The van der Waals surface area contributed by atoms with E-state index in [4.69, 9.17) is 5.73 Å². The van der Waals surface area contributed by atoms with Crippen LogP contribution < -0.4 is 11.1 Å². The number of nitrogens with two attached hydrogens (primary N) is 1. The molecule has 90 valence electrons. The molecule has 0 aliphatic heterocycles. The van der Waals surface area contributed by atoms with E-state index in [0.29, 0.717) is 0 Å². The number of hydrogen-bond acceptors (Lipinski definition) is 3. The summed E-state index contributed by atoms with van der Waals surface area (Å²) in [6.45, 7) is 2.90. The Bertz CT molecular complexity index is 502. The third kappa shape index (κ3) is 3.00. The summed E-state index contributed by atoms with van der Waals surface area (Å²) in [6, 6.07) is 6.06. The zero-order valence-electron chi connectivity index (χ0n) is 10.3. The molecule has 1 aromatic carbocycles. The first-order chi connectivity index (χ1) is 8.15. The Morgan fingerprint density at radius 3 is 2.88 bits per heavy atom. The molecule has 0 bridgehead atoms. The van der Waals surface area contributed by atoms with Crippen molar-refractivity contribution in [3.8, 4) is 0 Å². The van der Waals surface area contributed by atoms with E-state index in [1.807, 2.05) is 43.2 Å². The van der Waals surface area contributed by atoms with Gasteiger partial charge in [0.15, 0.2) is 0 Å². The molecule has 0 amide bonds. The quantitative estimate of drug-likeness (QED) is 0.789. The second-order valence-corrected chi connectivity index (χ2v) is 4.29. The van der Waals surface area contributed by atoms with Crippen LogP contribution in [0.25, 0.3) is 0 Å². The maximum Gasteiger partial charge on any atom is 0.0574 e. The van der Waals surface area contributed by atoms with Crippen LogP contribution in [-0.4, -0.2) is 16.3 Å². The highest BCUT2D eigenvalue weighted by atomic mass is 15.2. The van der Waals surface area contributed by atoms with Crippen LogP contribution >= 0.6 is 0 Å². The van der Waals surface area contributed by atoms with E-state index >= 15 is 0 Å². The van der Waals surface area contributed by atoms with Crippen LogP contribution in [0.2, 0.25) is 0 Å². The molecule has 0 spiro atoms. The highest BCUT2D eigenvalue weighted by Crippen LogP contribution is 2.19. The number of nitrogen functional groups attached to an aromatic ring is 1. The summed E-state index contributed by atoms with van der Waals surface area (Å²) in [5.41, 5.74) is 10.1. The lowest BCUT2D eigenvalue weighted by atomic mass is 10.2.